The molecule has 0 bridgehead atoms. The lowest BCUT2D eigenvalue weighted by Crippen LogP contribution is -2.44. The van der Waals surface area contributed by atoms with Gasteiger partial charge in [-0.25, -0.2) is 4.79 Å². The number of urea groups is 1. The Morgan fingerprint density at radius 3 is 1.69 bits per heavy atom. The van der Waals surface area contributed by atoms with E-state index in [-0.39, 0.29) is 12.6 Å². The first-order valence-electron chi connectivity index (χ1n) is 12.2. The van der Waals surface area contributed by atoms with Crippen LogP contribution in [0.1, 0.15) is 22.3 Å². The van der Waals surface area contributed by atoms with Crippen molar-refractivity contribution in [2.45, 2.75) is 24.3 Å². The third-order valence-electron chi connectivity index (χ3n) is 6.71. The van der Waals surface area contributed by atoms with Crippen molar-refractivity contribution < 1.29 is 14.6 Å². The first-order chi connectivity index (χ1) is 17.7. The summed E-state index contributed by atoms with van der Waals surface area (Å²) in [5, 5.41) is 14.1. The van der Waals surface area contributed by atoms with Gasteiger partial charge in [0.2, 0.25) is 0 Å². The van der Waals surface area contributed by atoms with Gasteiger partial charge in [-0.15, -0.1) is 0 Å². The van der Waals surface area contributed by atoms with Gasteiger partial charge < -0.3 is 20.1 Å². The molecule has 2 amide bonds. The van der Waals surface area contributed by atoms with Crippen molar-refractivity contribution in [3.63, 3.8) is 0 Å². The molecule has 36 heavy (non-hydrogen) atoms. The predicted molar refractivity (Wildman–Crippen MR) is 140 cm³/mol. The Bertz CT molecular complexity index is 1150. The van der Waals surface area contributed by atoms with Crippen molar-refractivity contribution in [2.24, 2.45) is 0 Å². The molecule has 0 aromatic heterocycles. The van der Waals surface area contributed by atoms with Crippen molar-refractivity contribution in [3.8, 4) is 0 Å². The van der Waals surface area contributed by atoms with E-state index in [2.05, 4.69) is 5.32 Å². The number of amides is 2. The van der Waals surface area contributed by atoms with E-state index in [1.165, 1.54) is 0 Å². The van der Waals surface area contributed by atoms with Crippen LogP contribution in [-0.4, -0.2) is 41.3 Å². The van der Waals surface area contributed by atoms with Crippen molar-refractivity contribution in [3.05, 3.63) is 144 Å². The molecule has 0 radical (unpaired) electrons. The molecule has 0 aliphatic carbocycles. The van der Waals surface area contributed by atoms with E-state index in [4.69, 9.17) is 4.74 Å². The van der Waals surface area contributed by atoms with Crippen molar-refractivity contribution in [1.82, 2.24) is 10.2 Å². The minimum Gasteiger partial charge on any atom is -0.388 e. The van der Waals surface area contributed by atoms with Gasteiger partial charge in [-0.2, -0.15) is 0 Å². The molecule has 2 atom stereocenters. The van der Waals surface area contributed by atoms with Gasteiger partial charge in [-0.3, -0.25) is 0 Å². The summed E-state index contributed by atoms with van der Waals surface area (Å²) in [6.07, 6.45) is -0.884. The number of rotatable bonds is 9. The number of aliphatic hydroxyl groups is 1. The van der Waals surface area contributed by atoms with E-state index in [1.807, 2.05) is 121 Å². The van der Waals surface area contributed by atoms with Crippen LogP contribution < -0.4 is 5.32 Å². The number of hydrogen-bond acceptors (Lipinski definition) is 3. The Labute approximate surface area is 212 Å². The van der Waals surface area contributed by atoms with Crippen LogP contribution >= 0.6 is 0 Å². The van der Waals surface area contributed by atoms with Crippen molar-refractivity contribution in [1.29, 1.82) is 0 Å². The van der Waals surface area contributed by atoms with E-state index in [0.717, 1.165) is 22.3 Å². The summed E-state index contributed by atoms with van der Waals surface area (Å²) in [6.45, 7) is 0.953. The molecule has 0 unspecified atom stereocenters. The molecule has 1 saturated heterocycles. The normalized spacial score (nSPS) is 16.5. The summed E-state index contributed by atoms with van der Waals surface area (Å²) in [4.78, 5) is 14.3. The minimum atomic E-state index is -0.920. The summed E-state index contributed by atoms with van der Waals surface area (Å²) in [5.74, 6) is 0. The fourth-order valence-electron chi connectivity index (χ4n) is 4.87. The van der Waals surface area contributed by atoms with Crippen LogP contribution in [0, 0.1) is 0 Å². The van der Waals surface area contributed by atoms with Crippen LogP contribution in [0.2, 0.25) is 0 Å². The fraction of sp³-hybridized carbons (Fsp3) is 0.194. The van der Waals surface area contributed by atoms with Crippen molar-refractivity contribution >= 4 is 6.03 Å². The van der Waals surface area contributed by atoms with Crippen LogP contribution in [-0.2, 0) is 16.9 Å². The highest BCUT2D eigenvalue weighted by Crippen LogP contribution is 2.40. The molecule has 5 heteroatoms. The maximum Gasteiger partial charge on any atom is 0.318 e. The number of hydrogen-bond donors (Lipinski definition) is 2. The van der Waals surface area contributed by atoms with Gasteiger partial charge in [0.05, 0.1) is 18.8 Å². The molecule has 1 fully saturated rings. The molecule has 5 rings (SSSR count). The van der Waals surface area contributed by atoms with Gasteiger partial charge >= 0.3 is 6.03 Å². The molecule has 182 valence electrons. The van der Waals surface area contributed by atoms with Gasteiger partial charge in [-0.1, -0.05) is 121 Å². The third kappa shape index (κ3) is 4.89. The van der Waals surface area contributed by atoms with Crippen LogP contribution in [0.15, 0.2) is 121 Å². The third-order valence-corrected chi connectivity index (χ3v) is 6.71. The monoisotopic (exact) mass is 478 g/mol. The van der Waals surface area contributed by atoms with E-state index >= 15 is 0 Å². The highest BCUT2D eigenvalue weighted by Gasteiger charge is 2.40. The molecule has 4 aromatic carbocycles. The van der Waals surface area contributed by atoms with E-state index in [9.17, 15) is 9.90 Å². The molecular weight excluding hydrogens is 448 g/mol. The summed E-state index contributed by atoms with van der Waals surface area (Å²) in [7, 11) is 0. The Kier molecular flexibility index (Phi) is 7.12. The fourth-order valence-corrected chi connectivity index (χ4v) is 4.87. The second-order valence-electron chi connectivity index (χ2n) is 9.08. The van der Waals surface area contributed by atoms with Crippen LogP contribution in [0.3, 0.4) is 0 Å². The van der Waals surface area contributed by atoms with E-state index < -0.39 is 17.7 Å². The Morgan fingerprint density at radius 1 is 0.778 bits per heavy atom. The Balaban J connectivity index is 1.41. The number of nitrogens with zero attached hydrogens (tertiary/aromatic N) is 1. The zero-order valence-electron chi connectivity index (χ0n) is 20.0. The summed E-state index contributed by atoms with van der Waals surface area (Å²) >= 11 is 0. The zero-order valence-corrected chi connectivity index (χ0v) is 20.0. The average Bonchev–Trinajstić information content (AvgIpc) is 3.31. The first-order valence-corrected chi connectivity index (χ1v) is 12.2. The smallest absolute Gasteiger partial charge is 0.318 e. The maximum absolute atomic E-state index is 12.6. The molecule has 1 heterocycles. The number of nitrogens with one attached hydrogen (secondary N) is 1. The van der Waals surface area contributed by atoms with Gasteiger partial charge in [0, 0.05) is 13.1 Å². The van der Waals surface area contributed by atoms with Crippen LogP contribution in [0.5, 0.6) is 0 Å². The standard InChI is InChI=1S/C31H30N2O3/c34-29(28-22-33(30(35)32-28)21-24-13-5-1-6-14-24)23-36-31(25-15-7-2-8-16-25,26-17-9-3-10-18-26)27-19-11-4-12-20-27/h1-20,28-29,34H,21-23H2,(H,32,35)/t28-,29-/m1/s1. The average molecular weight is 479 g/mol. The van der Waals surface area contributed by atoms with E-state index in [0.29, 0.717) is 13.1 Å². The highest BCUT2D eigenvalue weighted by molar-refractivity contribution is 5.77. The molecule has 5 nitrogen and oxygen atoms in total. The zero-order chi connectivity index (χ0) is 24.8. The quantitative estimate of drug-likeness (QED) is 0.335. The molecule has 1 aliphatic heterocycles. The largest absolute Gasteiger partial charge is 0.388 e. The summed E-state index contributed by atoms with van der Waals surface area (Å²) in [6, 6.07) is 39.4. The number of carbonyl (C=O) groups is 1. The van der Waals surface area contributed by atoms with Gasteiger partial charge in [-0.05, 0) is 22.3 Å². The maximum atomic E-state index is 12.6. The molecule has 2 N–H and O–H groups in total. The van der Waals surface area contributed by atoms with E-state index in [1.54, 1.807) is 4.90 Å². The van der Waals surface area contributed by atoms with Gasteiger partial charge in [0.15, 0.2) is 0 Å². The predicted octanol–water partition coefficient (Wildman–Crippen LogP) is 4.95. The molecule has 0 saturated carbocycles. The van der Waals surface area contributed by atoms with Crippen LogP contribution in [0.25, 0.3) is 0 Å². The first kappa shape index (κ1) is 23.8. The summed E-state index contributed by atoms with van der Waals surface area (Å²) < 4.78 is 6.73. The lowest BCUT2D eigenvalue weighted by Gasteiger charge is -2.37. The number of carbonyl (C=O) groups excluding carboxylic acids is 1. The molecule has 4 aromatic rings. The molecule has 0 spiro atoms. The minimum absolute atomic E-state index is 0.0445. The van der Waals surface area contributed by atoms with Gasteiger partial charge in [0.1, 0.15) is 5.60 Å². The molecular formula is C31H30N2O3. The van der Waals surface area contributed by atoms with Crippen molar-refractivity contribution in [2.75, 3.05) is 13.2 Å². The second-order valence-corrected chi connectivity index (χ2v) is 9.08. The topological polar surface area (TPSA) is 61.8 Å². The Hall–Kier alpha value is -3.93. The second kappa shape index (κ2) is 10.8. The van der Waals surface area contributed by atoms with Crippen LogP contribution in [0.4, 0.5) is 4.79 Å². The number of benzene rings is 4. The lowest BCUT2D eigenvalue weighted by atomic mass is 9.80. The SMILES string of the molecule is O=C1N[C@@H]([C@H](O)COC(c2ccccc2)(c2ccccc2)c2ccccc2)CN1Cc1ccccc1. The Morgan fingerprint density at radius 2 is 1.22 bits per heavy atom. The van der Waals surface area contributed by atoms with Gasteiger partial charge in [0.25, 0.3) is 0 Å². The lowest BCUT2D eigenvalue weighted by molar-refractivity contribution is -0.0460. The number of ether oxygens (including phenoxy) is 1. The molecule has 1 aliphatic rings. The number of aliphatic hydroxyl groups excluding tert-OH is 1. The summed E-state index contributed by atoms with van der Waals surface area (Å²) in [5.41, 5.74) is 3.04. The highest BCUT2D eigenvalue weighted by atomic mass is 16.5.